The Kier molecular flexibility index (Phi) is 32.9. The first-order chi connectivity index (χ1) is 19.7. The monoisotopic (exact) mass is 816 g/mol. The first-order valence-electron chi connectivity index (χ1n) is 12.1. The Balaban J connectivity index is -0.000000594. The molecule has 0 bridgehead atoms. The third-order valence-electron chi connectivity index (χ3n) is 4.25. The van der Waals surface area contributed by atoms with E-state index in [1.165, 1.54) is 6.07 Å². The molecule has 2 aromatic rings. The number of methoxy groups -OCH3 is 2. The zero-order chi connectivity index (χ0) is 30.9. The Morgan fingerprint density at radius 2 is 1.05 bits per heavy atom. The number of hydrogen-bond acceptors (Lipinski definition) is 8. The van der Waals surface area contributed by atoms with Crippen molar-refractivity contribution >= 4 is 78.3 Å². The molecule has 0 heterocycles. The summed E-state index contributed by atoms with van der Waals surface area (Å²) in [5.41, 5.74) is 0. The van der Waals surface area contributed by atoms with Crippen molar-refractivity contribution in [3.05, 3.63) is 59.1 Å². The molecular weight excluding hydrogens is 784 g/mol. The number of halogens is 7. The van der Waals surface area contributed by atoms with E-state index < -0.39 is 5.82 Å². The van der Waals surface area contributed by atoms with E-state index in [2.05, 4.69) is 31.9 Å². The van der Waals surface area contributed by atoms with Gasteiger partial charge in [0.1, 0.15) is 18.2 Å². The Hall–Kier alpha value is 1.01. The predicted octanol–water partition coefficient (Wildman–Crippen LogP) is 4.48. The van der Waals surface area contributed by atoms with Gasteiger partial charge in [-0.3, -0.25) is 0 Å². The smallest absolute Gasteiger partial charge is 1.00 e. The fourth-order valence-electron chi connectivity index (χ4n) is 2.35. The molecule has 0 fully saturated rings. The predicted molar refractivity (Wildman–Crippen MR) is 169 cm³/mol. The van der Waals surface area contributed by atoms with Crippen LogP contribution in [0, 0.1) is 5.82 Å². The average molecular weight is 820 g/mol. The molecule has 1 N–H and O–H groups in total. The summed E-state index contributed by atoms with van der Waals surface area (Å²) in [6, 6.07) is 5.85. The van der Waals surface area contributed by atoms with Gasteiger partial charge in [0, 0.05) is 29.2 Å². The normalized spacial score (nSPS) is 10.2. The van der Waals surface area contributed by atoms with Gasteiger partial charge in [0.2, 0.25) is 0 Å². The average Bonchev–Trinajstić information content (AvgIpc) is 2.94. The van der Waals surface area contributed by atoms with Crippen molar-refractivity contribution in [2.45, 2.75) is 0 Å². The van der Waals surface area contributed by atoms with E-state index in [0.717, 1.165) is 6.07 Å². The minimum atomic E-state index is -0.402. The molecule has 0 saturated carbocycles. The molecule has 42 heavy (non-hydrogen) atoms. The van der Waals surface area contributed by atoms with Crippen LogP contribution in [0.25, 0.3) is 0 Å². The van der Waals surface area contributed by atoms with Crippen LogP contribution in [0.2, 0.25) is 20.1 Å². The van der Waals surface area contributed by atoms with Crippen molar-refractivity contribution in [1.82, 2.24) is 0 Å². The van der Waals surface area contributed by atoms with Crippen LogP contribution >= 0.6 is 78.3 Å². The summed E-state index contributed by atoms with van der Waals surface area (Å²) < 4.78 is 49.4. The van der Waals surface area contributed by atoms with Crippen molar-refractivity contribution in [3.63, 3.8) is 0 Å². The van der Waals surface area contributed by atoms with E-state index in [-0.39, 0.29) is 42.6 Å². The zero-order valence-corrected chi connectivity index (χ0v) is 31.9. The van der Waals surface area contributed by atoms with Crippen molar-refractivity contribution in [3.8, 4) is 5.75 Å². The number of rotatable bonds is 18. The molecule has 0 saturated heterocycles. The quantitative estimate of drug-likeness (QED) is 0.102. The Morgan fingerprint density at radius 1 is 0.643 bits per heavy atom. The molecule has 16 heteroatoms. The summed E-state index contributed by atoms with van der Waals surface area (Å²) in [5, 5.41) is 9.80. The molecule has 2 aromatic carbocycles. The molecule has 0 radical (unpaired) electrons. The summed E-state index contributed by atoms with van der Waals surface area (Å²) in [5.74, 6) is 0.243. The van der Waals surface area contributed by atoms with Crippen molar-refractivity contribution < 1.29 is 73.6 Å². The molecule has 0 aliphatic heterocycles. The molecular formula is C26H36Br2Cl4FNaO8. The maximum absolute atomic E-state index is 12.4. The minimum absolute atomic E-state index is 0. The maximum atomic E-state index is 12.4. The number of hydrogen-bond donors (Lipinski definition) is 1. The van der Waals surface area contributed by atoms with Crippen LogP contribution in [0.1, 0.15) is 1.43 Å². The summed E-state index contributed by atoms with van der Waals surface area (Å²) in [4.78, 5) is 0. The Morgan fingerprint density at radius 3 is 1.48 bits per heavy atom. The van der Waals surface area contributed by atoms with Crippen LogP contribution in [0.15, 0.2) is 33.2 Å². The van der Waals surface area contributed by atoms with Gasteiger partial charge >= 0.3 is 29.6 Å². The number of benzene rings is 2. The summed E-state index contributed by atoms with van der Waals surface area (Å²) in [6.45, 7) is 5.90. The first-order valence-corrected chi connectivity index (χ1v) is 15.2. The Labute approximate surface area is 307 Å². The molecule has 8 nitrogen and oxygen atoms in total. The third-order valence-corrected chi connectivity index (χ3v) is 7.56. The van der Waals surface area contributed by atoms with Gasteiger partial charge < -0.3 is 39.7 Å². The van der Waals surface area contributed by atoms with E-state index in [4.69, 9.17) is 84.7 Å². The largest absolute Gasteiger partial charge is 1.00 e. The molecule has 0 spiro atoms. The van der Waals surface area contributed by atoms with Gasteiger partial charge in [-0.1, -0.05) is 46.4 Å². The van der Waals surface area contributed by atoms with Gasteiger partial charge in [-0.05, 0) is 50.1 Å². The van der Waals surface area contributed by atoms with Gasteiger partial charge in [0.25, 0.3) is 0 Å². The van der Waals surface area contributed by atoms with Gasteiger partial charge in [-0.25, -0.2) is 4.39 Å². The third kappa shape index (κ3) is 24.3. The van der Waals surface area contributed by atoms with Gasteiger partial charge in [-0.15, -0.1) is 0 Å². The molecule has 0 aromatic heterocycles. The van der Waals surface area contributed by atoms with Crippen LogP contribution in [-0.2, 0) is 28.4 Å². The molecule has 238 valence electrons. The van der Waals surface area contributed by atoms with Crippen LogP contribution in [0.4, 0.5) is 4.39 Å². The fraction of sp³-hybridized carbons (Fsp3) is 0.538. The molecule has 2 rings (SSSR count). The van der Waals surface area contributed by atoms with Crippen molar-refractivity contribution in [1.29, 1.82) is 0 Å². The van der Waals surface area contributed by atoms with Gasteiger partial charge in [0.05, 0.1) is 92.8 Å². The van der Waals surface area contributed by atoms with Crippen LogP contribution in [-0.4, -0.2) is 98.6 Å². The van der Waals surface area contributed by atoms with Gasteiger partial charge in [0.15, 0.2) is 0 Å². The molecule has 0 atom stereocenters. The van der Waals surface area contributed by atoms with Crippen LogP contribution < -0.4 is 34.3 Å². The van der Waals surface area contributed by atoms with E-state index >= 15 is 0 Å². The molecule has 0 aliphatic carbocycles. The molecule has 0 amide bonds. The van der Waals surface area contributed by atoms with Gasteiger partial charge in [-0.2, -0.15) is 0 Å². The van der Waals surface area contributed by atoms with Crippen molar-refractivity contribution in [2.75, 3.05) is 93.5 Å². The first kappa shape index (κ1) is 45.1. The SMILES string of the molecule is COCCOCCOCCO.COCCOCCOCCOc1cc(Cl)c(Cl)c(Br)c1.Fc1cc(Cl)c(Cl)c(Br)c1.[H-].[Na+]. The maximum Gasteiger partial charge on any atom is 1.00 e. The van der Waals surface area contributed by atoms with Crippen LogP contribution in [0.3, 0.4) is 0 Å². The summed E-state index contributed by atoms with van der Waals surface area (Å²) >= 11 is 29.3. The van der Waals surface area contributed by atoms with Crippen molar-refractivity contribution in [2.24, 2.45) is 0 Å². The van der Waals surface area contributed by atoms with E-state index in [9.17, 15) is 4.39 Å². The number of aliphatic hydroxyl groups is 1. The summed E-state index contributed by atoms with van der Waals surface area (Å²) in [7, 11) is 3.27. The van der Waals surface area contributed by atoms with Crippen LogP contribution in [0.5, 0.6) is 5.75 Å². The van der Waals surface area contributed by atoms with E-state index in [1.807, 2.05) is 0 Å². The van der Waals surface area contributed by atoms with E-state index in [0.29, 0.717) is 102 Å². The number of ether oxygens (including phenoxy) is 7. The minimum Gasteiger partial charge on any atom is -1.00 e. The molecule has 0 aliphatic rings. The second-order valence-electron chi connectivity index (χ2n) is 7.39. The van der Waals surface area contributed by atoms with E-state index in [1.54, 1.807) is 26.4 Å². The second kappa shape index (κ2) is 30.7. The topological polar surface area (TPSA) is 84.8 Å². The second-order valence-corrected chi connectivity index (χ2v) is 10.7. The standard InChI is InChI=1S/C13H17BrCl2O4.C7H16O4.C6H2BrCl2F.Na.H/c1-17-2-3-18-4-5-19-6-7-20-10-8-11(14)13(16)12(15)9-10;1-9-4-5-11-7-6-10-3-2-8;7-4-1-3(10)2-5(8)6(4)9;;/h8-9H,2-7H2,1H3;8H,2-7H2,1H3;1-2H;;/q;;;+1;-1. The Bertz CT molecular complexity index is 910. The zero-order valence-electron chi connectivity index (χ0n) is 24.7. The number of aliphatic hydroxyl groups excluding tert-OH is 1. The molecule has 0 unspecified atom stereocenters. The summed E-state index contributed by atoms with van der Waals surface area (Å²) in [6.07, 6.45) is 0. The fourth-order valence-corrected chi connectivity index (χ4v) is 4.08.